The summed E-state index contributed by atoms with van der Waals surface area (Å²) in [5.41, 5.74) is 7.46. The molecule has 0 bridgehead atoms. The predicted octanol–water partition coefficient (Wildman–Crippen LogP) is 3.57. The van der Waals surface area contributed by atoms with Crippen molar-refractivity contribution < 1.29 is 14.3 Å². The average Bonchev–Trinajstić information content (AvgIpc) is 3.01. The van der Waals surface area contributed by atoms with E-state index in [9.17, 15) is 14.9 Å². The van der Waals surface area contributed by atoms with Crippen LogP contribution in [0.15, 0.2) is 53.1 Å². The monoisotopic (exact) mass is 427 g/mol. The molecule has 2 N–H and O–H groups in total. The standard InChI is InChI=1S/C21H18ClN3O3S/c1-12-6-7-13(8-17(12)22)9-18-20(27)25(14-4-3-5-15(10-14)28-2)21(29-18)16(11-23)19(24)26/h3-8,10,18H,9H2,1-2H3,(H2,24,26). The van der Waals surface area contributed by atoms with Gasteiger partial charge < -0.3 is 10.5 Å². The smallest absolute Gasteiger partial charge is 0.262 e. The summed E-state index contributed by atoms with van der Waals surface area (Å²) in [7, 11) is 1.52. The summed E-state index contributed by atoms with van der Waals surface area (Å²) in [6.45, 7) is 1.90. The third kappa shape index (κ3) is 4.24. The van der Waals surface area contributed by atoms with E-state index in [4.69, 9.17) is 22.1 Å². The number of nitrogens with two attached hydrogens (primary N) is 1. The minimum Gasteiger partial charge on any atom is -0.497 e. The molecular weight excluding hydrogens is 410 g/mol. The van der Waals surface area contributed by atoms with Crippen molar-refractivity contribution in [3.8, 4) is 11.8 Å². The fourth-order valence-corrected chi connectivity index (χ4v) is 4.48. The van der Waals surface area contributed by atoms with Crippen molar-refractivity contribution in [1.29, 1.82) is 5.26 Å². The van der Waals surface area contributed by atoms with Crippen LogP contribution in [0.4, 0.5) is 5.69 Å². The zero-order valence-electron chi connectivity index (χ0n) is 15.8. The molecule has 1 saturated heterocycles. The van der Waals surface area contributed by atoms with Crippen LogP contribution in [0, 0.1) is 18.3 Å². The van der Waals surface area contributed by atoms with Gasteiger partial charge in [0.05, 0.1) is 18.0 Å². The van der Waals surface area contributed by atoms with E-state index in [-0.39, 0.29) is 16.5 Å². The van der Waals surface area contributed by atoms with Crippen molar-refractivity contribution in [2.75, 3.05) is 12.0 Å². The number of hydrogen-bond acceptors (Lipinski definition) is 5. The fraction of sp³-hybridized carbons (Fsp3) is 0.190. The van der Waals surface area contributed by atoms with Gasteiger partial charge in [-0.2, -0.15) is 5.26 Å². The third-order valence-electron chi connectivity index (χ3n) is 4.49. The Hall–Kier alpha value is -2.95. The quantitative estimate of drug-likeness (QED) is 0.581. The molecule has 3 rings (SSSR count). The Kier molecular flexibility index (Phi) is 6.16. The molecule has 2 amide bonds. The number of aryl methyl sites for hydroxylation is 1. The maximum atomic E-state index is 13.3. The van der Waals surface area contributed by atoms with Gasteiger partial charge in [-0.25, -0.2) is 0 Å². The topological polar surface area (TPSA) is 96.4 Å². The van der Waals surface area contributed by atoms with Crippen LogP contribution in [0.5, 0.6) is 5.75 Å². The van der Waals surface area contributed by atoms with Crippen molar-refractivity contribution in [1.82, 2.24) is 0 Å². The lowest BCUT2D eigenvalue weighted by Gasteiger charge is -2.19. The van der Waals surface area contributed by atoms with Crippen LogP contribution in [-0.4, -0.2) is 24.2 Å². The van der Waals surface area contributed by atoms with Crippen LogP contribution in [-0.2, 0) is 16.0 Å². The summed E-state index contributed by atoms with van der Waals surface area (Å²) in [5, 5.41) is 9.76. The number of ether oxygens (including phenoxy) is 1. The van der Waals surface area contributed by atoms with Gasteiger partial charge in [0.25, 0.3) is 5.91 Å². The first-order valence-electron chi connectivity index (χ1n) is 8.69. The van der Waals surface area contributed by atoms with Crippen LogP contribution < -0.4 is 15.4 Å². The summed E-state index contributed by atoms with van der Waals surface area (Å²) in [6, 6.07) is 14.3. The summed E-state index contributed by atoms with van der Waals surface area (Å²) in [4.78, 5) is 26.4. The molecule has 0 aliphatic carbocycles. The molecule has 2 aromatic carbocycles. The first-order valence-corrected chi connectivity index (χ1v) is 9.95. The van der Waals surface area contributed by atoms with E-state index in [1.54, 1.807) is 24.3 Å². The summed E-state index contributed by atoms with van der Waals surface area (Å²) in [6.07, 6.45) is 0.394. The third-order valence-corrected chi connectivity index (χ3v) is 6.16. The molecule has 6 nitrogen and oxygen atoms in total. The van der Waals surface area contributed by atoms with Gasteiger partial charge in [0.15, 0.2) is 0 Å². The van der Waals surface area contributed by atoms with Gasteiger partial charge in [-0.15, -0.1) is 0 Å². The predicted molar refractivity (Wildman–Crippen MR) is 114 cm³/mol. The second-order valence-corrected chi connectivity index (χ2v) is 8.02. The number of hydrogen-bond donors (Lipinski definition) is 1. The fourth-order valence-electron chi connectivity index (χ4n) is 2.96. The Morgan fingerprint density at radius 2 is 2.10 bits per heavy atom. The van der Waals surface area contributed by atoms with Crippen molar-refractivity contribution in [2.45, 2.75) is 18.6 Å². The minimum atomic E-state index is -0.880. The van der Waals surface area contributed by atoms with E-state index in [0.717, 1.165) is 22.9 Å². The van der Waals surface area contributed by atoms with Gasteiger partial charge in [-0.1, -0.05) is 41.6 Å². The molecule has 148 valence electrons. The van der Waals surface area contributed by atoms with Gasteiger partial charge in [-0.05, 0) is 42.7 Å². The van der Waals surface area contributed by atoms with Gasteiger partial charge in [0, 0.05) is 11.1 Å². The SMILES string of the molecule is COc1cccc(N2C(=O)C(Cc3ccc(C)c(Cl)c3)SC2=C(C#N)C(N)=O)c1. The molecule has 1 atom stereocenters. The highest BCUT2D eigenvalue weighted by Gasteiger charge is 2.40. The minimum absolute atomic E-state index is 0.224. The number of thioether (sulfide) groups is 1. The number of rotatable bonds is 5. The van der Waals surface area contributed by atoms with E-state index in [1.165, 1.54) is 12.0 Å². The lowest BCUT2D eigenvalue weighted by atomic mass is 10.1. The zero-order valence-corrected chi connectivity index (χ0v) is 17.4. The highest BCUT2D eigenvalue weighted by molar-refractivity contribution is 8.05. The maximum Gasteiger partial charge on any atom is 0.262 e. The normalized spacial score (nSPS) is 17.8. The number of carbonyl (C=O) groups is 2. The van der Waals surface area contributed by atoms with Crippen LogP contribution in [0.2, 0.25) is 5.02 Å². The number of primary amides is 1. The second kappa shape index (κ2) is 8.60. The zero-order chi connectivity index (χ0) is 21.1. The Morgan fingerprint density at radius 3 is 2.72 bits per heavy atom. The molecule has 8 heteroatoms. The highest BCUT2D eigenvalue weighted by Crippen LogP contribution is 2.42. The first kappa shape index (κ1) is 20.8. The van der Waals surface area contributed by atoms with E-state index < -0.39 is 11.2 Å². The lowest BCUT2D eigenvalue weighted by molar-refractivity contribution is -0.117. The lowest BCUT2D eigenvalue weighted by Crippen LogP contribution is -2.31. The molecular formula is C21H18ClN3O3S. The van der Waals surface area contributed by atoms with E-state index in [1.807, 2.05) is 31.2 Å². The number of anilines is 1. The number of nitrogens with zero attached hydrogens (tertiary/aromatic N) is 2. The largest absolute Gasteiger partial charge is 0.497 e. The molecule has 0 radical (unpaired) electrons. The number of halogens is 1. The molecule has 1 heterocycles. The van der Waals surface area contributed by atoms with E-state index in [2.05, 4.69) is 0 Å². The second-order valence-electron chi connectivity index (χ2n) is 6.43. The van der Waals surface area contributed by atoms with Crippen molar-refractivity contribution in [2.24, 2.45) is 5.73 Å². The molecule has 0 spiro atoms. The summed E-state index contributed by atoms with van der Waals surface area (Å²) < 4.78 is 5.23. The summed E-state index contributed by atoms with van der Waals surface area (Å²) >= 11 is 7.36. The number of amides is 2. The van der Waals surface area contributed by atoms with Crippen molar-refractivity contribution in [3.63, 3.8) is 0 Å². The van der Waals surface area contributed by atoms with E-state index >= 15 is 0 Å². The number of nitriles is 1. The van der Waals surface area contributed by atoms with E-state index in [0.29, 0.717) is 22.9 Å². The van der Waals surface area contributed by atoms with Crippen LogP contribution >= 0.6 is 23.4 Å². The molecule has 29 heavy (non-hydrogen) atoms. The molecule has 1 aliphatic heterocycles. The van der Waals surface area contributed by atoms with Gasteiger partial charge in [0.1, 0.15) is 22.4 Å². The molecule has 1 unspecified atom stereocenters. The molecule has 2 aromatic rings. The Bertz CT molecular complexity index is 1060. The van der Waals surface area contributed by atoms with Gasteiger partial charge in [0.2, 0.25) is 5.91 Å². The molecule has 1 aliphatic rings. The Labute approximate surface area is 177 Å². The number of methoxy groups -OCH3 is 1. The van der Waals surface area contributed by atoms with Crippen LogP contribution in [0.3, 0.4) is 0 Å². The van der Waals surface area contributed by atoms with Crippen molar-refractivity contribution in [3.05, 3.63) is 69.2 Å². The first-order chi connectivity index (χ1) is 13.8. The molecule has 1 fully saturated rings. The van der Waals surface area contributed by atoms with Gasteiger partial charge >= 0.3 is 0 Å². The Morgan fingerprint density at radius 1 is 1.34 bits per heavy atom. The highest BCUT2D eigenvalue weighted by atomic mass is 35.5. The Balaban J connectivity index is 2.04. The molecule has 0 aromatic heterocycles. The van der Waals surface area contributed by atoms with Crippen LogP contribution in [0.1, 0.15) is 11.1 Å². The number of carbonyl (C=O) groups excluding carboxylic acids is 2. The molecule has 0 saturated carbocycles. The maximum absolute atomic E-state index is 13.3. The van der Waals surface area contributed by atoms with Crippen molar-refractivity contribution >= 4 is 40.9 Å². The average molecular weight is 428 g/mol. The summed E-state index contributed by atoms with van der Waals surface area (Å²) in [5.74, 6) is -0.579. The van der Waals surface area contributed by atoms with Crippen LogP contribution in [0.25, 0.3) is 0 Å². The van der Waals surface area contributed by atoms with Gasteiger partial charge in [-0.3, -0.25) is 14.5 Å². The number of benzene rings is 2.